The Labute approximate surface area is 129 Å². The summed E-state index contributed by atoms with van der Waals surface area (Å²) < 4.78 is 2.10. The number of nitrogens with zero attached hydrogens (tertiary/aromatic N) is 4. The molecule has 0 bridgehead atoms. The molecule has 2 aromatic rings. The Kier molecular flexibility index (Phi) is 4.11. The van der Waals surface area contributed by atoms with E-state index in [0.29, 0.717) is 0 Å². The Morgan fingerprint density at radius 2 is 1.95 bits per heavy atom. The molecule has 1 aliphatic rings. The van der Waals surface area contributed by atoms with Crippen molar-refractivity contribution in [3.05, 3.63) is 42.2 Å². The third-order valence-corrected chi connectivity index (χ3v) is 4.01. The van der Waals surface area contributed by atoms with Gasteiger partial charge < -0.3 is 10.0 Å². The van der Waals surface area contributed by atoms with E-state index in [-0.39, 0.29) is 6.54 Å². The van der Waals surface area contributed by atoms with Crippen LogP contribution in [0.25, 0.3) is 5.69 Å². The van der Waals surface area contributed by atoms with Crippen molar-refractivity contribution in [2.24, 2.45) is 0 Å². The van der Waals surface area contributed by atoms with Gasteiger partial charge in [-0.15, -0.1) is 0 Å². The number of piperazine rings is 1. The van der Waals surface area contributed by atoms with Crippen LogP contribution in [0.4, 0.5) is 5.95 Å². The lowest BCUT2D eigenvalue weighted by molar-refractivity contribution is -0.138. The molecule has 2 heterocycles. The summed E-state index contributed by atoms with van der Waals surface area (Å²) in [5.74, 6) is 0.152. The molecule has 0 unspecified atom stereocenters. The van der Waals surface area contributed by atoms with E-state index in [4.69, 9.17) is 5.11 Å². The Morgan fingerprint density at radius 1 is 1.23 bits per heavy atom. The van der Waals surface area contributed by atoms with E-state index >= 15 is 0 Å². The summed E-state index contributed by atoms with van der Waals surface area (Å²) in [5.41, 5.74) is 2.33. The van der Waals surface area contributed by atoms with Gasteiger partial charge in [0.2, 0.25) is 5.95 Å². The number of carboxylic acids is 1. The quantitative estimate of drug-likeness (QED) is 0.924. The van der Waals surface area contributed by atoms with Crippen molar-refractivity contribution in [1.82, 2.24) is 14.5 Å². The molecule has 0 spiro atoms. The highest BCUT2D eigenvalue weighted by Crippen LogP contribution is 2.21. The fourth-order valence-electron chi connectivity index (χ4n) is 2.85. The largest absolute Gasteiger partial charge is 0.480 e. The zero-order valence-electron chi connectivity index (χ0n) is 12.6. The van der Waals surface area contributed by atoms with Crippen molar-refractivity contribution in [3.8, 4) is 5.69 Å². The van der Waals surface area contributed by atoms with Crippen molar-refractivity contribution in [3.63, 3.8) is 0 Å². The number of aryl methyl sites for hydroxylation is 1. The first-order valence-electron chi connectivity index (χ1n) is 7.43. The molecule has 6 nitrogen and oxygen atoms in total. The molecule has 116 valence electrons. The maximum atomic E-state index is 10.8. The molecule has 0 saturated carbocycles. The van der Waals surface area contributed by atoms with E-state index < -0.39 is 5.97 Å². The predicted molar refractivity (Wildman–Crippen MR) is 84.6 cm³/mol. The van der Waals surface area contributed by atoms with Crippen LogP contribution in [0.5, 0.6) is 0 Å². The van der Waals surface area contributed by atoms with Crippen LogP contribution in [0.2, 0.25) is 0 Å². The van der Waals surface area contributed by atoms with Gasteiger partial charge >= 0.3 is 5.97 Å². The van der Waals surface area contributed by atoms with Crippen LogP contribution in [0.1, 0.15) is 5.56 Å². The molecule has 22 heavy (non-hydrogen) atoms. The number of aromatic nitrogens is 2. The van der Waals surface area contributed by atoms with Crippen LogP contribution in [0.15, 0.2) is 36.7 Å². The van der Waals surface area contributed by atoms with Crippen LogP contribution < -0.4 is 4.90 Å². The molecule has 0 aliphatic carbocycles. The lowest BCUT2D eigenvalue weighted by atomic mass is 10.2. The van der Waals surface area contributed by atoms with Crippen molar-refractivity contribution in [1.29, 1.82) is 0 Å². The number of carboxylic acid groups (broad SMARTS) is 1. The minimum absolute atomic E-state index is 0.111. The van der Waals surface area contributed by atoms with Gasteiger partial charge in [0.1, 0.15) is 0 Å². The standard InChI is InChI=1S/C16H20N4O2/c1-13-4-2-3-5-14(13)20-7-6-17-16(20)19-10-8-18(9-11-19)12-15(21)22/h2-7H,8-12H2,1H3,(H,21,22). The molecule has 0 amide bonds. The highest BCUT2D eigenvalue weighted by Gasteiger charge is 2.22. The first-order valence-corrected chi connectivity index (χ1v) is 7.43. The smallest absolute Gasteiger partial charge is 0.317 e. The van der Waals surface area contributed by atoms with Crippen LogP contribution in [-0.2, 0) is 4.79 Å². The zero-order chi connectivity index (χ0) is 15.5. The number of benzene rings is 1. The van der Waals surface area contributed by atoms with Crippen molar-refractivity contribution >= 4 is 11.9 Å². The maximum absolute atomic E-state index is 10.8. The summed E-state index contributed by atoms with van der Waals surface area (Å²) in [7, 11) is 0. The summed E-state index contributed by atoms with van der Waals surface area (Å²) in [6, 6.07) is 8.22. The maximum Gasteiger partial charge on any atom is 0.317 e. The first-order chi connectivity index (χ1) is 10.6. The minimum atomic E-state index is -0.769. The molecular formula is C16H20N4O2. The SMILES string of the molecule is Cc1ccccc1-n1ccnc1N1CCN(CC(=O)O)CC1. The summed E-state index contributed by atoms with van der Waals surface area (Å²) in [4.78, 5) is 19.5. The molecule has 1 aliphatic heterocycles. The van der Waals surface area contributed by atoms with Gasteiger partial charge in [-0.3, -0.25) is 14.3 Å². The fourth-order valence-corrected chi connectivity index (χ4v) is 2.85. The fraction of sp³-hybridized carbons (Fsp3) is 0.375. The second kappa shape index (κ2) is 6.19. The van der Waals surface area contributed by atoms with Crippen LogP contribution in [0.3, 0.4) is 0 Å². The van der Waals surface area contributed by atoms with Crippen LogP contribution in [-0.4, -0.2) is 58.3 Å². The van der Waals surface area contributed by atoms with Crippen molar-refractivity contribution < 1.29 is 9.90 Å². The average Bonchev–Trinajstić information content (AvgIpc) is 2.97. The van der Waals surface area contributed by atoms with E-state index in [1.54, 1.807) is 0 Å². The molecule has 1 aromatic carbocycles. The first kappa shape index (κ1) is 14.6. The molecule has 1 fully saturated rings. The summed E-state index contributed by atoms with van der Waals surface area (Å²) >= 11 is 0. The Balaban J connectivity index is 1.77. The van der Waals surface area contributed by atoms with E-state index in [1.807, 2.05) is 29.4 Å². The van der Waals surface area contributed by atoms with Gasteiger partial charge in [0.25, 0.3) is 0 Å². The van der Waals surface area contributed by atoms with E-state index in [9.17, 15) is 4.79 Å². The molecule has 3 rings (SSSR count). The second-order valence-corrected chi connectivity index (χ2v) is 5.54. The number of hydrogen-bond donors (Lipinski definition) is 1. The number of imidazole rings is 1. The van der Waals surface area contributed by atoms with E-state index in [2.05, 4.69) is 33.5 Å². The highest BCUT2D eigenvalue weighted by atomic mass is 16.4. The van der Waals surface area contributed by atoms with Gasteiger partial charge in [0.05, 0.1) is 12.2 Å². The van der Waals surface area contributed by atoms with Gasteiger partial charge in [0, 0.05) is 38.6 Å². The highest BCUT2D eigenvalue weighted by molar-refractivity contribution is 5.69. The summed E-state index contributed by atoms with van der Waals surface area (Å²) in [5, 5.41) is 8.87. The van der Waals surface area contributed by atoms with E-state index in [0.717, 1.165) is 37.8 Å². The number of para-hydroxylation sites is 1. The Hall–Kier alpha value is -2.34. The molecular weight excluding hydrogens is 280 g/mol. The lowest BCUT2D eigenvalue weighted by Crippen LogP contribution is -2.48. The van der Waals surface area contributed by atoms with Crippen molar-refractivity contribution in [2.45, 2.75) is 6.92 Å². The molecule has 1 saturated heterocycles. The lowest BCUT2D eigenvalue weighted by Gasteiger charge is -2.34. The van der Waals surface area contributed by atoms with Gasteiger partial charge in [-0.25, -0.2) is 4.98 Å². The number of carbonyl (C=O) groups is 1. The number of anilines is 1. The molecule has 1 N–H and O–H groups in total. The monoisotopic (exact) mass is 300 g/mol. The van der Waals surface area contributed by atoms with Gasteiger partial charge in [0.15, 0.2) is 0 Å². The van der Waals surface area contributed by atoms with Crippen LogP contribution in [0, 0.1) is 6.92 Å². The van der Waals surface area contributed by atoms with Gasteiger partial charge in [-0.1, -0.05) is 18.2 Å². The molecule has 0 radical (unpaired) electrons. The van der Waals surface area contributed by atoms with Gasteiger partial charge in [-0.2, -0.15) is 0 Å². The molecule has 1 aromatic heterocycles. The summed E-state index contributed by atoms with van der Waals surface area (Å²) in [6.45, 7) is 5.26. The van der Waals surface area contributed by atoms with E-state index in [1.165, 1.54) is 5.56 Å². The Morgan fingerprint density at radius 3 is 2.64 bits per heavy atom. The van der Waals surface area contributed by atoms with Crippen molar-refractivity contribution in [2.75, 3.05) is 37.6 Å². The minimum Gasteiger partial charge on any atom is -0.480 e. The second-order valence-electron chi connectivity index (χ2n) is 5.54. The normalized spacial score (nSPS) is 16.0. The average molecular weight is 300 g/mol. The topological polar surface area (TPSA) is 61.6 Å². The predicted octanol–water partition coefficient (Wildman–Crippen LogP) is 1.39. The number of aliphatic carboxylic acids is 1. The summed E-state index contributed by atoms with van der Waals surface area (Å²) in [6.07, 6.45) is 3.78. The molecule has 6 heteroatoms. The number of rotatable bonds is 4. The third kappa shape index (κ3) is 2.96. The number of hydrogen-bond acceptors (Lipinski definition) is 4. The van der Waals surface area contributed by atoms with Crippen LogP contribution >= 0.6 is 0 Å². The van der Waals surface area contributed by atoms with Gasteiger partial charge in [-0.05, 0) is 18.6 Å². The Bertz CT molecular complexity index is 660. The third-order valence-electron chi connectivity index (χ3n) is 4.01. The molecule has 0 atom stereocenters. The zero-order valence-corrected chi connectivity index (χ0v) is 12.6.